The summed E-state index contributed by atoms with van der Waals surface area (Å²) in [4.78, 5) is 15.2. The Morgan fingerprint density at radius 1 is 0.349 bits per heavy atom. The minimum atomic E-state index is 0.604. The first-order valence-electron chi connectivity index (χ1n) is 14.3. The van der Waals surface area contributed by atoms with Gasteiger partial charge in [0.15, 0.2) is 17.5 Å². The van der Waals surface area contributed by atoms with Crippen LogP contribution in [0.4, 0.5) is 0 Å². The van der Waals surface area contributed by atoms with Crippen LogP contribution in [0.25, 0.3) is 78.4 Å². The van der Waals surface area contributed by atoms with Gasteiger partial charge in [-0.2, -0.15) is 0 Å². The standard InChI is InChI=1S/C39H25N3O/c1-3-12-26(13-4-1)28-16-9-18-30(24-28)37-40-38(31-19-10-17-29(25-31)27-14-5-2-6-15-27)42-39(41-37)33-21-11-23-35-36(33)32-20-7-8-22-34(32)43-35/h1-25H. The molecule has 2 heterocycles. The van der Waals surface area contributed by atoms with E-state index in [0.717, 1.165) is 60.9 Å². The molecule has 0 amide bonds. The van der Waals surface area contributed by atoms with E-state index in [1.807, 2.05) is 42.5 Å². The molecule has 8 aromatic rings. The number of nitrogens with zero attached hydrogens (tertiary/aromatic N) is 3. The van der Waals surface area contributed by atoms with Gasteiger partial charge in [-0.3, -0.25) is 0 Å². The molecule has 0 radical (unpaired) electrons. The van der Waals surface area contributed by atoms with Crippen LogP contribution in [-0.4, -0.2) is 15.0 Å². The zero-order valence-corrected chi connectivity index (χ0v) is 23.2. The summed E-state index contributed by atoms with van der Waals surface area (Å²) in [5.41, 5.74) is 8.90. The Hall–Kier alpha value is -5.87. The highest BCUT2D eigenvalue weighted by Gasteiger charge is 2.18. The molecular weight excluding hydrogens is 526 g/mol. The molecule has 8 rings (SSSR count). The van der Waals surface area contributed by atoms with Gasteiger partial charge >= 0.3 is 0 Å². The lowest BCUT2D eigenvalue weighted by atomic mass is 10.0. The number of benzene rings is 6. The Kier molecular flexibility index (Phi) is 6.08. The van der Waals surface area contributed by atoms with Crippen LogP contribution in [0.5, 0.6) is 0 Å². The van der Waals surface area contributed by atoms with Crippen LogP contribution in [-0.2, 0) is 0 Å². The van der Waals surface area contributed by atoms with Crippen molar-refractivity contribution in [2.45, 2.75) is 0 Å². The van der Waals surface area contributed by atoms with Crippen molar-refractivity contribution in [3.63, 3.8) is 0 Å². The molecule has 4 nitrogen and oxygen atoms in total. The maximum Gasteiger partial charge on any atom is 0.164 e. The SMILES string of the molecule is c1ccc(-c2cccc(-c3nc(-c4cccc(-c5ccccc5)c4)nc(-c4cccc5oc6ccccc6c45)n3)c2)cc1. The van der Waals surface area contributed by atoms with Gasteiger partial charge in [0.2, 0.25) is 0 Å². The second kappa shape index (κ2) is 10.5. The number of fused-ring (bicyclic) bond motifs is 3. The van der Waals surface area contributed by atoms with E-state index in [1.165, 1.54) is 0 Å². The van der Waals surface area contributed by atoms with E-state index in [-0.39, 0.29) is 0 Å². The Morgan fingerprint density at radius 2 is 0.814 bits per heavy atom. The van der Waals surface area contributed by atoms with Crippen molar-refractivity contribution in [2.24, 2.45) is 0 Å². The van der Waals surface area contributed by atoms with Crippen LogP contribution in [0.3, 0.4) is 0 Å². The second-order valence-electron chi connectivity index (χ2n) is 10.5. The van der Waals surface area contributed by atoms with Crippen molar-refractivity contribution < 1.29 is 4.42 Å². The molecule has 0 aliphatic carbocycles. The van der Waals surface area contributed by atoms with Gasteiger partial charge in [0.1, 0.15) is 11.2 Å². The number of rotatable bonds is 5. The van der Waals surface area contributed by atoms with E-state index in [4.69, 9.17) is 19.4 Å². The summed E-state index contributed by atoms with van der Waals surface area (Å²) in [5.74, 6) is 1.84. The third kappa shape index (κ3) is 4.65. The summed E-state index contributed by atoms with van der Waals surface area (Å²) in [5, 5.41) is 2.03. The third-order valence-corrected chi connectivity index (χ3v) is 7.73. The third-order valence-electron chi connectivity index (χ3n) is 7.73. The number of para-hydroxylation sites is 1. The highest BCUT2D eigenvalue weighted by molar-refractivity contribution is 6.11. The van der Waals surface area contributed by atoms with Gasteiger partial charge in [0, 0.05) is 27.5 Å². The van der Waals surface area contributed by atoms with E-state index in [1.54, 1.807) is 0 Å². The minimum absolute atomic E-state index is 0.604. The average Bonchev–Trinajstić information content (AvgIpc) is 3.48. The normalized spacial score (nSPS) is 11.3. The van der Waals surface area contributed by atoms with E-state index >= 15 is 0 Å². The molecule has 0 saturated heterocycles. The minimum Gasteiger partial charge on any atom is -0.456 e. The molecule has 4 heteroatoms. The predicted octanol–water partition coefficient (Wildman–Crippen LogP) is 10.1. The number of hydrogen-bond acceptors (Lipinski definition) is 4. The molecule has 202 valence electrons. The molecule has 0 N–H and O–H groups in total. The predicted molar refractivity (Wildman–Crippen MR) is 174 cm³/mol. The van der Waals surface area contributed by atoms with Gasteiger partial charge < -0.3 is 4.42 Å². The van der Waals surface area contributed by atoms with E-state index < -0.39 is 0 Å². The van der Waals surface area contributed by atoms with Crippen molar-refractivity contribution in [1.29, 1.82) is 0 Å². The van der Waals surface area contributed by atoms with Gasteiger partial charge in [-0.25, -0.2) is 15.0 Å². The lowest BCUT2D eigenvalue weighted by Gasteiger charge is -2.11. The second-order valence-corrected chi connectivity index (χ2v) is 10.5. The Morgan fingerprint density at radius 3 is 1.44 bits per heavy atom. The highest BCUT2D eigenvalue weighted by Crippen LogP contribution is 2.37. The zero-order valence-electron chi connectivity index (χ0n) is 23.2. The topological polar surface area (TPSA) is 51.8 Å². The fraction of sp³-hybridized carbons (Fsp3) is 0. The molecule has 0 unspecified atom stereocenters. The van der Waals surface area contributed by atoms with Crippen LogP contribution < -0.4 is 0 Å². The van der Waals surface area contributed by atoms with Crippen LogP contribution in [0.2, 0.25) is 0 Å². The van der Waals surface area contributed by atoms with E-state index in [9.17, 15) is 0 Å². The molecule has 0 bridgehead atoms. The highest BCUT2D eigenvalue weighted by atomic mass is 16.3. The molecule has 6 aromatic carbocycles. The quantitative estimate of drug-likeness (QED) is 0.214. The fourth-order valence-electron chi connectivity index (χ4n) is 5.65. The Balaban J connectivity index is 1.35. The molecule has 43 heavy (non-hydrogen) atoms. The van der Waals surface area contributed by atoms with Crippen molar-refractivity contribution in [1.82, 2.24) is 15.0 Å². The van der Waals surface area contributed by atoms with Crippen molar-refractivity contribution >= 4 is 21.9 Å². The van der Waals surface area contributed by atoms with Crippen LogP contribution in [0.15, 0.2) is 156 Å². The molecule has 0 aliphatic heterocycles. The first-order chi connectivity index (χ1) is 21.3. The van der Waals surface area contributed by atoms with Gasteiger partial charge in [-0.15, -0.1) is 0 Å². The van der Waals surface area contributed by atoms with Gasteiger partial charge in [0.25, 0.3) is 0 Å². The first-order valence-corrected chi connectivity index (χ1v) is 14.3. The molecule has 0 spiro atoms. The van der Waals surface area contributed by atoms with Crippen molar-refractivity contribution in [2.75, 3.05) is 0 Å². The molecule has 0 fully saturated rings. The number of aromatic nitrogens is 3. The van der Waals surface area contributed by atoms with Crippen molar-refractivity contribution in [3.8, 4) is 56.4 Å². The molecule has 0 saturated carbocycles. The zero-order chi connectivity index (χ0) is 28.6. The summed E-state index contributed by atoms with van der Waals surface area (Å²) < 4.78 is 6.20. The van der Waals surface area contributed by atoms with Gasteiger partial charge in [0.05, 0.1) is 0 Å². The van der Waals surface area contributed by atoms with Crippen LogP contribution >= 0.6 is 0 Å². The summed E-state index contributed by atoms with van der Waals surface area (Å²) >= 11 is 0. The Labute approximate surface area is 249 Å². The maximum absolute atomic E-state index is 6.20. The van der Waals surface area contributed by atoms with Crippen LogP contribution in [0.1, 0.15) is 0 Å². The first kappa shape index (κ1) is 24.9. The molecule has 0 aliphatic rings. The average molecular weight is 552 g/mol. The number of furan rings is 1. The largest absolute Gasteiger partial charge is 0.456 e. The van der Waals surface area contributed by atoms with Crippen molar-refractivity contribution in [3.05, 3.63) is 152 Å². The summed E-state index contributed by atoms with van der Waals surface area (Å²) in [6.07, 6.45) is 0. The fourth-order valence-corrected chi connectivity index (χ4v) is 5.65. The van der Waals surface area contributed by atoms with E-state index in [0.29, 0.717) is 17.5 Å². The monoisotopic (exact) mass is 551 g/mol. The lowest BCUT2D eigenvalue weighted by Crippen LogP contribution is -2.00. The van der Waals surface area contributed by atoms with Crippen LogP contribution in [0, 0.1) is 0 Å². The molecule has 2 aromatic heterocycles. The summed E-state index contributed by atoms with van der Waals surface area (Å²) in [7, 11) is 0. The van der Waals surface area contributed by atoms with Gasteiger partial charge in [-0.05, 0) is 46.5 Å². The summed E-state index contributed by atoms with van der Waals surface area (Å²) in [6.45, 7) is 0. The molecular formula is C39H25N3O. The molecule has 0 atom stereocenters. The maximum atomic E-state index is 6.20. The smallest absolute Gasteiger partial charge is 0.164 e. The van der Waals surface area contributed by atoms with E-state index in [2.05, 4.69) is 109 Å². The van der Waals surface area contributed by atoms with Gasteiger partial charge in [-0.1, -0.05) is 127 Å². The Bertz CT molecular complexity index is 2140. The number of hydrogen-bond donors (Lipinski definition) is 0. The summed E-state index contributed by atoms with van der Waals surface area (Å²) in [6, 6.07) is 51.6. The lowest BCUT2D eigenvalue weighted by molar-refractivity contribution is 0.669.